The maximum absolute atomic E-state index is 12.9. The summed E-state index contributed by atoms with van der Waals surface area (Å²) < 4.78 is 27.1. The molecule has 12 heteroatoms. The molecule has 0 spiro atoms. The van der Waals surface area contributed by atoms with E-state index in [2.05, 4.69) is 11.1 Å². The van der Waals surface area contributed by atoms with Crippen LogP contribution in [-0.2, 0) is 26.2 Å². The number of benzene rings is 2. The van der Waals surface area contributed by atoms with E-state index in [0.717, 1.165) is 11.3 Å². The van der Waals surface area contributed by atoms with Crippen molar-refractivity contribution in [1.82, 2.24) is 14.6 Å². The number of aryl methyl sites for hydroxylation is 1. The minimum Gasteiger partial charge on any atom is -0.345 e. The van der Waals surface area contributed by atoms with Crippen molar-refractivity contribution in [3.63, 3.8) is 0 Å². The number of rotatable bonds is 12. The van der Waals surface area contributed by atoms with Gasteiger partial charge in [0.25, 0.3) is 5.91 Å². The standard InChI is InChI=1S/C26H27N5O5S2/c1-19-24(25(34)29-38(35,36)16-14-30(2)23(33)9-6-15-32)28-26(37-19)31(18-21-7-4-3-5-8-21)22-12-10-20(17-27)11-13-22/h3-5,7-8,10-13,15H,6,9,14,16,18H2,1-2H3,(H,29,34). The van der Waals surface area contributed by atoms with E-state index in [-0.39, 0.29) is 31.0 Å². The second kappa shape index (κ2) is 12.9. The largest absolute Gasteiger partial charge is 0.345 e. The summed E-state index contributed by atoms with van der Waals surface area (Å²) in [7, 11) is -2.62. The Labute approximate surface area is 225 Å². The Hall–Kier alpha value is -4.08. The van der Waals surface area contributed by atoms with Crippen LogP contribution in [0.25, 0.3) is 0 Å². The zero-order valence-electron chi connectivity index (χ0n) is 21.0. The van der Waals surface area contributed by atoms with Crippen LogP contribution >= 0.6 is 11.3 Å². The van der Waals surface area contributed by atoms with E-state index < -0.39 is 21.7 Å². The molecule has 1 heterocycles. The number of nitriles is 1. The van der Waals surface area contributed by atoms with Crippen molar-refractivity contribution in [1.29, 1.82) is 5.26 Å². The second-order valence-corrected chi connectivity index (χ2v) is 11.4. The van der Waals surface area contributed by atoms with Crippen LogP contribution in [0.1, 0.15) is 39.3 Å². The number of hydrogen-bond acceptors (Lipinski definition) is 9. The molecule has 0 saturated carbocycles. The first-order valence-electron chi connectivity index (χ1n) is 11.6. The lowest BCUT2D eigenvalue weighted by Crippen LogP contribution is -2.38. The molecule has 0 unspecified atom stereocenters. The molecular formula is C26H27N5O5S2. The van der Waals surface area contributed by atoms with Gasteiger partial charge >= 0.3 is 0 Å². The van der Waals surface area contributed by atoms with Gasteiger partial charge in [-0.15, -0.1) is 11.3 Å². The molecule has 0 bridgehead atoms. The zero-order chi connectivity index (χ0) is 27.7. The van der Waals surface area contributed by atoms with Crippen molar-refractivity contribution >= 4 is 50.3 Å². The van der Waals surface area contributed by atoms with E-state index in [4.69, 9.17) is 5.26 Å². The zero-order valence-corrected chi connectivity index (χ0v) is 22.6. The van der Waals surface area contributed by atoms with Gasteiger partial charge in [0, 0.05) is 37.0 Å². The summed E-state index contributed by atoms with van der Waals surface area (Å²) in [5.41, 5.74) is 2.23. The summed E-state index contributed by atoms with van der Waals surface area (Å²) in [6.07, 6.45) is 0.670. The molecular weight excluding hydrogens is 526 g/mol. The lowest BCUT2D eigenvalue weighted by Gasteiger charge is -2.22. The molecule has 3 aromatic rings. The molecule has 0 aliphatic carbocycles. The smallest absolute Gasteiger partial charge is 0.284 e. The molecule has 0 aliphatic rings. The van der Waals surface area contributed by atoms with Crippen molar-refractivity contribution in [2.45, 2.75) is 26.3 Å². The number of anilines is 2. The van der Waals surface area contributed by atoms with Gasteiger partial charge in [0.15, 0.2) is 5.13 Å². The first kappa shape index (κ1) is 28.5. The highest BCUT2D eigenvalue weighted by molar-refractivity contribution is 7.90. The number of carbonyl (C=O) groups excluding carboxylic acids is 3. The van der Waals surface area contributed by atoms with Crippen LogP contribution < -0.4 is 9.62 Å². The van der Waals surface area contributed by atoms with Crippen LogP contribution in [0.4, 0.5) is 10.8 Å². The van der Waals surface area contributed by atoms with Gasteiger partial charge in [0.1, 0.15) is 12.0 Å². The minimum atomic E-state index is -4.06. The maximum Gasteiger partial charge on any atom is 0.284 e. The van der Waals surface area contributed by atoms with Gasteiger partial charge in [-0.2, -0.15) is 5.26 Å². The number of carbonyl (C=O) groups is 3. The summed E-state index contributed by atoms with van der Waals surface area (Å²) in [5, 5.41) is 9.63. The van der Waals surface area contributed by atoms with Gasteiger partial charge in [0.05, 0.1) is 23.9 Å². The van der Waals surface area contributed by atoms with Gasteiger partial charge in [-0.25, -0.2) is 18.1 Å². The highest BCUT2D eigenvalue weighted by Gasteiger charge is 2.24. The molecule has 0 saturated heterocycles. The fourth-order valence-electron chi connectivity index (χ4n) is 3.46. The van der Waals surface area contributed by atoms with Crippen LogP contribution in [0.5, 0.6) is 0 Å². The Morgan fingerprint density at radius 2 is 1.82 bits per heavy atom. The van der Waals surface area contributed by atoms with Crippen LogP contribution in [0, 0.1) is 18.3 Å². The Kier molecular flexibility index (Phi) is 9.70. The van der Waals surface area contributed by atoms with Crippen LogP contribution in [-0.4, -0.2) is 55.7 Å². The second-order valence-electron chi connectivity index (χ2n) is 8.40. The molecule has 1 aromatic heterocycles. The van der Waals surface area contributed by atoms with Gasteiger partial charge < -0.3 is 14.6 Å². The molecule has 3 rings (SSSR count). The van der Waals surface area contributed by atoms with E-state index in [1.54, 1.807) is 31.2 Å². The van der Waals surface area contributed by atoms with Crippen molar-refractivity contribution in [3.8, 4) is 6.07 Å². The normalized spacial score (nSPS) is 10.9. The number of amides is 2. The Balaban J connectivity index is 1.79. The number of sulfonamides is 1. The maximum atomic E-state index is 12.9. The lowest BCUT2D eigenvalue weighted by atomic mass is 10.2. The molecule has 0 aliphatic heterocycles. The molecule has 2 aromatic carbocycles. The third-order valence-electron chi connectivity index (χ3n) is 5.57. The summed E-state index contributed by atoms with van der Waals surface area (Å²) in [4.78, 5) is 43.3. The highest BCUT2D eigenvalue weighted by Crippen LogP contribution is 2.33. The van der Waals surface area contributed by atoms with E-state index >= 15 is 0 Å². The molecule has 10 nitrogen and oxygen atoms in total. The van der Waals surface area contributed by atoms with E-state index in [0.29, 0.717) is 28.4 Å². The third kappa shape index (κ3) is 7.71. The minimum absolute atomic E-state index is 0.00801. The number of aldehydes is 1. The first-order chi connectivity index (χ1) is 18.1. The van der Waals surface area contributed by atoms with Gasteiger partial charge in [-0.3, -0.25) is 9.59 Å². The number of nitrogens with zero attached hydrogens (tertiary/aromatic N) is 4. The summed E-state index contributed by atoms with van der Waals surface area (Å²) in [5.74, 6) is -1.71. The number of hydrogen-bond donors (Lipinski definition) is 1. The first-order valence-corrected chi connectivity index (χ1v) is 14.1. The summed E-state index contributed by atoms with van der Waals surface area (Å²) in [6.45, 7) is 1.98. The molecule has 0 radical (unpaired) electrons. The average molecular weight is 554 g/mol. The van der Waals surface area contributed by atoms with E-state index in [1.807, 2.05) is 40.0 Å². The van der Waals surface area contributed by atoms with Crippen molar-refractivity contribution in [2.24, 2.45) is 0 Å². The van der Waals surface area contributed by atoms with Crippen molar-refractivity contribution in [2.75, 3.05) is 24.2 Å². The average Bonchev–Trinajstić information content (AvgIpc) is 3.30. The fourth-order valence-corrected chi connectivity index (χ4v) is 5.38. The van der Waals surface area contributed by atoms with Gasteiger partial charge in [-0.1, -0.05) is 30.3 Å². The van der Waals surface area contributed by atoms with Gasteiger partial charge in [-0.05, 0) is 36.8 Å². The number of nitrogens with one attached hydrogen (secondary N) is 1. The number of aromatic nitrogens is 1. The molecule has 198 valence electrons. The quantitative estimate of drug-likeness (QED) is 0.337. The third-order valence-corrected chi connectivity index (χ3v) is 7.78. The Morgan fingerprint density at radius 1 is 1.13 bits per heavy atom. The summed E-state index contributed by atoms with van der Waals surface area (Å²) in [6, 6.07) is 18.7. The molecule has 38 heavy (non-hydrogen) atoms. The Morgan fingerprint density at radius 3 is 2.45 bits per heavy atom. The van der Waals surface area contributed by atoms with E-state index in [9.17, 15) is 22.8 Å². The van der Waals surface area contributed by atoms with Crippen molar-refractivity contribution < 1.29 is 22.8 Å². The van der Waals surface area contributed by atoms with E-state index in [1.165, 1.54) is 23.3 Å². The van der Waals surface area contributed by atoms with Gasteiger partial charge in [0.2, 0.25) is 15.9 Å². The molecule has 1 N–H and O–H groups in total. The SMILES string of the molecule is Cc1sc(N(Cc2ccccc2)c2ccc(C#N)cc2)nc1C(=O)NS(=O)(=O)CCN(C)C(=O)CCC=O. The lowest BCUT2D eigenvalue weighted by molar-refractivity contribution is -0.130. The Bertz CT molecular complexity index is 1430. The van der Waals surface area contributed by atoms with Crippen LogP contribution in [0.3, 0.4) is 0 Å². The van der Waals surface area contributed by atoms with Crippen LogP contribution in [0.15, 0.2) is 54.6 Å². The highest BCUT2D eigenvalue weighted by atomic mass is 32.2. The molecule has 0 atom stereocenters. The summed E-state index contributed by atoms with van der Waals surface area (Å²) >= 11 is 1.24. The van der Waals surface area contributed by atoms with Crippen molar-refractivity contribution in [3.05, 3.63) is 76.3 Å². The molecule has 0 fully saturated rings. The molecule has 2 amide bonds. The monoisotopic (exact) mass is 553 g/mol. The predicted molar refractivity (Wildman–Crippen MR) is 144 cm³/mol. The predicted octanol–water partition coefficient (Wildman–Crippen LogP) is 3.16. The topological polar surface area (TPSA) is 141 Å². The fraction of sp³-hybridized carbons (Fsp3) is 0.269. The van der Waals surface area contributed by atoms with Crippen LogP contribution in [0.2, 0.25) is 0 Å². The number of thiazole rings is 1.